The maximum Gasteiger partial charge on any atom is 0.307 e. The summed E-state index contributed by atoms with van der Waals surface area (Å²) in [4.78, 5) is 13.2. The van der Waals surface area contributed by atoms with Crippen LogP contribution in [-0.4, -0.2) is 29.1 Å². The molecule has 2 atom stereocenters. The highest BCUT2D eigenvalue weighted by Crippen LogP contribution is 2.30. The van der Waals surface area contributed by atoms with Crippen LogP contribution in [0, 0.1) is 11.7 Å². The third kappa shape index (κ3) is 3.13. The van der Waals surface area contributed by atoms with Crippen LogP contribution in [0.1, 0.15) is 37.8 Å². The summed E-state index contributed by atoms with van der Waals surface area (Å²) in [6.45, 7) is 3.38. The highest BCUT2D eigenvalue weighted by Gasteiger charge is 2.30. The largest absolute Gasteiger partial charge is 0.481 e. The van der Waals surface area contributed by atoms with Gasteiger partial charge in [0.1, 0.15) is 5.82 Å². The minimum absolute atomic E-state index is 0.0247. The summed E-state index contributed by atoms with van der Waals surface area (Å²) >= 11 is 0. The molecule has 1 saturated heterocycles. The van der Waals surface area contributed by atoms with Gasteiger partial charge in [-0.1, -0.05) is 25.1 Å². The van der Waals surface area contributed by atoms with Crippen molar-refractivity contribution in [3.63, 3.8) is 0 Å². The lowest BCUT2D eigenvalue weighted by Crippen LogP contribution is -2.41. The van der Waals surface area contributed by atoms with Crippen LogP contribution in [0.2, 0.25) is 0 Å². The topological polar surface area (TPSA) is 40.5 Å². The zero-order valence-electron chi connectivity index (χ0n) is 11.2. The molecule has 2 rings (SSSR count). The highest BCUT2D eigenvalue weighted by molar-refractivity contribution is 5.70. The molecule has 0 bridgehead atoms. The molecule has 104 valence electrons. The first kappa shape index (κ1) is 14.0. The lowest BCUT2D eigenvalue weighted by atomic mass is 9.93. The van der Waals surface area contributed by atoms with Gasteiger partial charge in [0, 0.05) is 18.2 Å². The van der Waals surface area contributed by atoms with E-state index in [1.807, 2.05) is 13.0 Å². The lowest BCUT2D eigenvalue weighted by Gasteiger charge is -2.37. The maximum absolute atomic E-state index is 13.9. The average molecular weight is 265 g/mol. The number of likely N-dealkylation sites (tertiary alicyclic amines) is 1. The molecule has 3 nitrogen and oxygen atoms in total. The summed E-state index contributed by atoms with van der Waals surface area (Å²) in [5, 5.41) is 9.13. The number of rotatable bonds is 4. The number of carboxylic acids is 1. The molecule has 1 aromatic rings. The Morgan fingerprint density at radius 3 is 2.89 bits per heavy atom. The average Bonchev–Trinajstić information content (AvgIpc) is 2.42. The van der Waals surface area contributed by atoms with Gasteiger partial charge in [-0.25, -0.2) is 4.39 Å². The van der Waals surface area contributed by atoms with Gasteiger partial charge >= 0.3 is 5.97 Å². The van der Waals surface area contributed by atoms with Crippen molar-refractivity contribution in [2.45, 2.75) is 32.2 Å². The molecule has 1 aliphatic heterocycles. The number of nitrogens with zero attached hydrogens (tertiary/aromatic N) is 1. The third-order valence-electron chi connectivity index (χ3n) is 3.89. The Hall–Kier alpha value is -1.42. The Morgan fingerprint density at radius 2 is 2.26 bits per heavy atom. The van der Waals surface area contributed by atoms with Gasteiger partial charge in [-0.3, -0.25) is 9.69 Å². The number of aliphatic carboxylic acids is 1. The summed E-state index contributed by atoms with van der Waals surface area (Å²) in [7, 11) is 0. The molecule has 2 unspecified atom stereocenters. The van der Waals surface area contributed by atoms with E-state index in [1.54, 1.807) is 12.1 Å². The van der Waals surface area contributed by atoms with Gasteiger partial charge in [0.25, 0.3) is 0 Å². The summed E-state index contributed by atoms with van der Waals surface area (Å²) in [5.41, 5.74) is 0.677. The van der Waals surface area contributed by atoms with Crippen molar-refractivity contribution in [3.8, 4) is 0 Å². The molecule has 0 saturated carbocycles. The molecule has 0 spiro atoms. The van der Waals surface area contributed by atoms with Crippen LogP contribution in [-0.2, 0) is 4.79 Å². The zero-order chi connectivity index (χ0) is 13.8. The van der Waals surface area contributed by atoms with E-state index >= 15 is 0 Å². The van der Waals surface area contributed by atoms with Gasteiger partial charge in [0.2, 0.25) is 0 Å². The van der Waals surface area contributed by atoms with Crippen LogP contribution in [0.25, 0.3) is 0 Å². The molecule has 1 aromatic carbocycles. The molecule has 1 fully saturated rings. The number of carboxylic acid groups (broad SMARTS) is 1. The molecular formula is C15H20FNO2. The van der Waals surface area contributed by atoms with E-state index in [0.29, 0.717) is 12.1 Å². The number of carbonyl (C=O) groups is 1. The molecule has 0 aliphatic carbocycles. The quantitative estimate of drug-likeness (QED) is 0.909. The molecule has 19 heavy (non-hydrogen) atoms. The molecule has 4 heteroatoms. The molecule has 0 radical (unpaired) electrons. The molecular weight excluding hydrogens is 245 g/mol. The summed E-state index contributed by atoms with van der Waals surface area (Å²) in [6.07, 6.45) is 2.37. The minimum atomic E-state index is -0.743. The predicted octanol–water partition coefficient (Wildman–Crippen LogP) is 3.07. The van der Waals surface area contributed by atoms with E-state index in [2.05, 4.69) is 4.90 Å². The van der Waals surface area contributed by atoms with Gasteiger partial charge in [-0.2, -0.15) is 0 Å². The second kappa shape index (κ2) is 6.15. The van der Waals surface area contributed by atoms with Crippen LogP contribution in [0.15, 0.2) is 24.3 Å². The second-order valence-corrected chi connectivity index (χ2v) is 5.12. The van der Waals surface area contributed by atoms with E-state index in [4.69, 9.17) is 5.11 Å². The minimum Gasteiger partial charge on any atom is -0.481 e. The van der Waals surface area contributed by atoms with E-state index < -0.39 is 5.97 Å². The van der Waals surface area contributed by atoms with E-state index in [-0.39, 0.29) is 17.8 Å². The fourth-order valence-electron chi connectivity index (χ4n) is 2.91. The number of piperidine rings is 1. The molecule has 1 aliphatic rings. The Labute approximate surface area is 113 Å². The smallest absolute Gasteiger partial charge is 0.307 e. The van der Waals surface area contributed by atoms with E-state index in [1.165, 1.54) is 6.07 Å². The first-order valence-corrected chi connectivity index (χ1v) is 6.84. The predicted molar refractivity (Wildman–Crippen MR) is 71.4 cm³/mol. The van der Waals surface area contributed by atoms with E-state index in [9.17, 15) is 9.18 Å². The van der Waals surface area contributed by atoms with E-state index in [0.717, 1.165) is 25.8 Å². The Balaban J connectivity index is 2.18. The normalized spacial score (nSPS) is 22.1. The van der Waals surface area contributed by atoms with Gasteiger partial charge in [-0.05, 0) is 31.9 Å². The lowest BCUT2D eigenvalue weighted by molar-refractivity contribution is -0.144. The monoisotopic (exact) mass is 265 g/mol. The molecule has 1 N–H and O–H groups in total. The van der Waals surface area contributed by atoms with Crippen molar-refractivity contribution in [2.75, 3.05) is 13.1 Å². The number of benzene rings is 1. The number of hydrogen-bond donors (Lipinski definition) is 1. The summed E-state index contributed by atoms with van der Waals surface area (Å²) in [5.74, 6) is -1.27. The van der Waals surface area contributed by atoms with Crippen molar-refractivity contribution in [2.24, 2.45) is 5.92 Å². The van der Waals surface area contributed by atoms with Gasteiger partial charge in [0.05, 0.1) is 5.92 Å². The zero-order valence-corrected chi connectivity index (χ0v) is 11.2. The Bertz CT molecular complexity index is 450. The fraction of sp³-hybridized carbons (Fsp3) is 0.533. The summed E-state index contributed by atoms with van der Waals surface area (Å²) < 4.78 is 13.9. The molecule has 1 heterocycles. The van der Waals surface area contributed by atoms with Crippen molar-refractivity contribution in [3.05, 3.63) is 35.6 Å². The van der Waals surface area contributed by atoms with Crippen LogP contribution >= 0.6 is 0 Å². The third-order valence-corrected chi connectivity index (χ3v) is 3.89. The number of halogens is 1. The number of hydrogen-bond acceptors (Lipinski definition) is 2. The Kier molecular flexibility index (Phi) is 4.53. The van der Waals surface area contributed by atoms with Gasteiger partial charge < -0.3 is 5.11 Å². The van der Waals surface area contributed by atoms with Crippen molar-refractivity contribution >= 4 is 5.97 Å². The van der Waals surface area contributed by atoms with Crippen molar-refractivity contribution in [1.29, 1.82) is 0 Å². The summed E-state index contributed by atoms with van der Waals surface area (Å²) in [6, 6.07) is 6.76. The second-order valence-electron chi connectivity index (χ2n) is 5.12. The maximum atomic E-state index is 13.9. The molecule has 0 aromatic heterocycles. The van der Waals surface area contributed by atoms with Gasteiger partial charge in [0.15, 0.2) is 0 Å². The highest BCUT2D eigenvalue weighted by atomic mass is 19.1. The van der Waals surface area contributed by atoms with Crippen LogP contribution in [0.5, 0.6) is 0 Å². The van der Waals surface area contributed by atoms with Crippen molar-refractivity contribution < 1.29 is 14.3 Å². The first-order chi connectivity index (χ1) is 9.13. The fourth-order valence-corrected chi connectivity index (χ4v) is 2.91. The van der Waals surface area contributed by atoms with Crippen molar-refractivity contribution in [1.82, 2.24) is 4.90 Å². The van der Waals surface area contributed by atoms with Crippen LogP contribution in [0.4, 0.5) is 4.39 Å². The van der Waals surface area contributed by atoms with Gasteiger partial charge in [-0.15, -0.1) is 0 Å². The molecule has 0 amide bonds. The van der Waals surface area contributed by atoms with Crippen LogP contribution in [0.3, 0.4) is 0 Å². The standard InChI is InChI=1S/C15H20FNO2/c1-2-14(12-7-3-4-8-13(12)16)17-9-5-6-11(10-17)15(18)19/h3-4,7-8,11,14H,2,5-6,9-10H2,1H3,(H,18,19). The Morgan fingerprint density at radius 1 is 1.53 bits per heavy atom. The van der Waals surface area contributed by atoms with Crippen LogP contribution < -0.4 is 0 Å². The first-order valence-electron chi connectivity index (χ1n) is 6.84. The SMILES string of the molecule is CCC(c1ccccc1F)N1CCCC(C(=O)O)C1.